The zero-order valence-corrected chi connectivity index (χ0v) is 13.9. The number of fused-ring (bicyclic) bond motifs is 3. The second-order valence-electron chi connectivity index (χ2n) is 5.58. The van der Waals surface area contributed by atoms with Gasteiger partial charge in [0.15, 0.2) is 0 Å². The number of nitrogens with zero attached hydrogens (tertiary/aromatic N) is 3. The summed E-state index contributed by atoms with van der Waals surface area (Å²) in [4.78, 5) is 19.3. The van der Waals surface area contributed by atoms with Gasteiger partial charge in [0, 0.05) is 9.90 Å². The van der Waals surface area contributed by atoms with Crippen LogP contribution in [0.25, 0.3) is 10.2 Å². The van der Waals surface area contributed by atoms with Gasteiger partial charge in [-0.1, -0.05) is 23.7 Å². The summed E-state index contributed by atoms with van der Waals surface area (Å²) in [6, 6.07) is 7.30. The van der Waals surface area contributed by atoms with Crippen LogP contribution in [0, 0.1) is 0 Å². The Hall–Kier alpha value is -1.98. The van der Waals surface area contributed by atoms with Gasteiger partial charge in [0.2, 0.25) is 0 Å². The minimum Gasteiger partial charge on any atom is -0.267 e. The van der Waals surface area contributed by atoms with Crippen LogP contribution in [0.3, 0.4) is 0 Å². The SMILES string of the molecule is O=c1c2c3c(sc2ncn1N=Cc1ccc(Cl)cc1)CCCC3. The van der Waals surface area contributed by atoms with Crippen molar-refractivity contribution in [3.8, 4) is 0 Å². The molecule has 0 N–H and O–H groups in total. The molecule has 0 amide bonds. The Bertz CT molecular complexity index is 956. The van der Waals surface area contributed by atoms with Gasteiger partial charge in [-0.15, -0.1) is 11.3 Å². The van der Waals surface area contributed by atoms with Gasteiger partial charge < -0.3 is 0 Å². The first-order valence-corrected chi connectivity index (χ1v) is 8.73. The third-order valence-corrected chi connectivity index (χ3v) is 5.51. The lowest BCUT2D eigenvalue weighted by atomic mass is 9.97. The first kappa shape index (κ1) is 14.6. The van der Waals surface area contributed by atoms with Gasteiger partial charge in [0.1, 0.15) is 11.2 Å². The Morgan fingerprint density at radius 3 is 2.83 bits per heavy atom. The van der Waals surface area contributed by atoms with Crippen molar-refractivity contribution in [1.82, 2.24) is 9.66 Å². The molecule has 0 atom stereocenters. The first-order chi connectivity index (χ1) is 11.2. The van der Waals surface area contributed by atoms with Gasteiger partial charge in [-0.25, -0.2) is 4.98 Å². The average molecular weight is 344 g/mol. The molecule has 0 spiro atoms. The number of benzene rings is 1. The summed E-state index contributed by atoms with van der Waals surface area (Å²) in [7, 11) is 0. The van der Waals surface area contributed by atoms with Crippen LogP contribution in [0.1, 0.15) is 28.8 Å². The van der Waals surface area contributed by atoms with Crippen LogP contribution in [0.5, 0.6) is 0 Å². The summed E-state index contributed by atoms with van der Waals surface area (Å²) in [6.45, 7) is 0. The van der Waals surface area contributed by atoms with Crippen LogP contribution in [0.4, 0.5) is 0 Å². The highest BCUT2D eigenvalue weighted by Crippen LogP contribution is 2.33. The number of halogens is 1. The van der Waals surface area contributed by atoms with Crippen LogP contribution in [-0.2, 0) is 12.8 Å². The minimum atomic E-state index is -0.0837. The molecule has 4 nitrogen and oxygen atoms in total. The van der Waals surface area contributed by atoms with Crippen LogP contribution in [0.2, 0.25) is 5.02 Å². The van der Waals surface area contributed by atoms with Crippen LogP contribution in [-0.4, -0.2) is 15.9 Å². The lowest BCUT2D eigenvalue weighted by Gasteiger charge is -2.09. The molecule has 0 bridgehead atoms. The Kier molecular flexibility index (Phi) is 3.75. The van der Waals surface area contributed by atoms with Crippen LogP contribution >= 0.6 is 22.9 Å². The van der Waals surface area contributed by atoms with Crippen molar-refractivity contribution in [2.75, 3.05) is 0 Å². The maximum Gasteiger partial charge on any atom is 0.282 e. The van der Waals surface area contributed by atoms with E-state index in [0.717, 1.165) is 35.0 Å². The highest BCUT2D eigenvalue weighted by Gasteiger charge is 2.19. The number of hydrogen-bond donors (Lipinski definition) is 0. The lowest BCUT2D eigenvalue weighted by Crippen LogP contribution is -2.18. The van der Waals surface area contributed by atoms with Crippen molar-refractivity contribution >= 4 is 39.4 Å². The van der Waals surface area contributed by atoms with Crippen molar-refractivity contribution in [1.29, 1.82) is 0 Å². The predicted octanol–water partition coefficient (Wildman–Crippen LogP) is 3.87. The third kappa shape index (κ3) is 2.71. The molecule has 1 aliphatic rings. The first-order valence-electron chi connectivity index (χ1n) is 7.54. The van der Waals surface area contributed by atoms with Gasteiger partial charge >= 0.3 is 0 Å². The number of aryl methyl sites for hydroxylation is 2. The molecule has 0 unspecified atom stereocenters. The molecule has 0 saturated heterocycles. The van der Waals surface area contributed by atoms with Crippen LogP contribution < -0.4 is 5.56 Å². The van der Waals surface area contributed by atoms with Crippen molar-refractivity contribution < 1.29 is 0 Å². The zero-order chi connectivity index (χ0) is 15.8. The fourth-order valence-corrected chi connectivity index (χ4v) is 4.24. The van der Waals surface area contributed by atoms with Gasteiger partial charge in [0.05, 0.1) is 11.6 Å². The predicted molar refractivity (Wildman–Crippen MR) is 95.0 cm³/mol. The number of hydrogen-bond acceptors (Lipinski definition) is 4. The number of rotatable bonds is 2. The van der Waals surface area contributed by atoms with Crippen molar-refractivity contribution in [2.45, 2.75) is 25.7 Å². The molecule has 0 radical (unpaired) electrons. The third-order valence-electron chi connectivity index (χ3n) is 4.06. The maximum atomic E-state index is 12.7. The molecule has 0 aliphatic heterocycles. The van der Waals surface area contributed by atoms with E-state index in [1.807, 2.05) is 12.1 Å². The van der Waals surface area contributed by atoms with E-state index in [0.29, 0.717) is 5.02 Å². The van der Waals surface area contributed by atoms with E-state index < -0.39 is 0 Å². The average Bonchev–Trinajstić information content (AvgIpc) is 2.95. The van der Waals surface area contributed by atoms with E-state index >= 15 is 0 Å². The molecule has 2 aromatic heterocycles. The fraction of sp³-hybridized carbons (Fsp3) is 0.235. The normalized spacial score (nSPS) is 14.5. The monoisotopic (exact) mass is 343 g/mol. The molecular formula is C17H14ClN3OS. The molecule has 23 heavy (non-hydrogen) atoms. The second kappa shape index (κ2) is 5.91. The Morgan fingerprint density at radius 2 is 2.00 bits per heavy atom. The standard InChI is InChI=1S/C17H14ClN3OS/c18-12-7-5-11(6-8-12)9-20-21-10-19-16-15(17(21)22)13-3-1-2-4-14(13)23-16/h5-10H,1-4H2. The highest BCUT2D eigenvalue weighted by atomic mass is 35.5. The molecular weight excluding hydrogens is 330 g/mol. The molecule has 0 saturated carbocycles. The van der Waals surface area contributed by atoms with E-state index in [-0.39, 0.29) is 5.56 Å². The largest absolute Gasteiger partial charge is 0.282 e. The van der Waals surface area contributed by atoms with Gasteiger partial charge in [0.25, 0.3) is 5.56 Å². The molecule has 3 aromatic rings. The molecule has 4 rings (SSSR count). The summed E-state index contributed by atoms with van der Waals surface area (Å²) in [6.07, 6.45) is 7.51. The number of thiophene rings is 1. The zero-order valence-electron chi connectivity index (χ0n) is 12.3. The summed E-state index contributed by atoms with van der Waals surface area (Å²) in [5, 5.41) is 5.69. The Balaban J connectivity index is 1.77. The molecule has 2 heterocycles. The van der Waals surface area contributed by atoms with Gasteiger partial charge in [-0.05, 0) is 48.9 Å². The number of aromatic nitrogens is 2. The molecule has 0 fully saturated rings. The van der Waals surface area contributed by atoms with Crippen molar-refractivity contribution in [3.05, 3.63) is 62.0 Å². The van der Waals surface area contributed by atoms with E-state index in [9.17, 15) is 4.79 Å². The molecule has 1 aliphatic carbocycles. The summed E-state index contributed by atoms with van der Waals surface area (Å²) < 4.78 is 1.32. The summed E-state index contributed by atoms with van der Waals surface area (Å²) >= 11 is 7.51. The Labute approximate surface area is 142 Å². The quantitative estimate of drug-likeness (QED) is 0.663. The van der Waals surface area contributed by atoms with Gasteiger partial charge in [-0.2, -0.15) is 9.78 Å². The van der Waals surface area contributed by atoms with Crippen molar-refractivity contribution in [2.24, 2.45) is 5.10 Å². The smallest absolute Gasteiger partial charge is 0.267 e. The summed E-state index contributed by atoms with van der Waals surface area (Å²) in [5.41, 5.74) is 1.98. The second-order valence-corrected chi connectivity index (χ2v) is 7.10. The molecule has 1 aromatic carbocycles. The highest BCUT2D eigenvalue weighted by molar-refractivity contribution is 7.18. The topological polar surface area (TPSA) is 47.2 Å². The van der Waals surface area contributed by atoms with Gasteiger partial charge in [-0.3, -0.25) is 4.79 Å². The summed E-state index contributed by atoms with van der Waals surface area (Å²) in [5.74, 6) is 0. The van der Waals surface area contributed by atoms with Crippen LogP contribution in [0.15, 0.2) is 40.5 Å². The van der Waals surface area contributed by atoms with Crippen molar-refractivity contribution in [3.63, 3.8) is 0 Å². The van der Waals surface area contributed by atoms with E-state index in [1.54, 1.807) is 29.7 Å². The maximum absolute atomic E-state index is 12.7. The fourth-order valence-electron chi connectivity index (χ4n) is 2.90. The van der Waals surface area contributed by atoms with E-state index in [1.165, 1.54) is 27.9 Å². The minimum absolute atomic E-state index is 0.0837. The molecule has 6 heteroatoms. The Morgan fingerprint density at radius 1 is 1.22 bits per heavy atom. The lowest BCUT2D eigenvalue weighted by molar-refractivity contribution is 0.699. The van der Waals surface area contributed by atoms with E-state index in [4.69, 9.17) is 11.6 Å². The molecule has 116 valence electrons. The van der Waals surface area contributed by atoms with E-state index in [2.05, 4.69) is 10.1 Å².